The molecule has 0 unspecified atom stereocenters. The zero-order valence-electron chi connectivity index (χ0n) is 17.7. The van der Waals surface area contributed by atoms with E-state index in [1.54, 1.807) is 12.3 Å². The minimum Gasteiger partial charge on any atom is -0.371 e. The minimum atomic E-state index is -0.357. The highest BCUT2D eigenvalue weighted by atomic mass is 16.5. The average molecular weight is 412 g/mol. The highest BCUT2D eigenvalue weighted by Crippen LogP contribution is 2.43. The molecule has 160 valence electrons. The summed E-state index contributed by atoms with van der Waals surface area (Å²) in [6, 6.07) is 3.69. The van der Waals surface area contributed by atoms with Gasteiger partial charge in [-0.3, -0.25) is 14.5 Å². The Morgan fingerprint density at radius 3 is 2.57 bits per heavy atom. The largest absolute Gasteiger partial charge is 0.371 e. The lowest BCUT2D eigenvalue weighted by molar-refractivity contribution is -0.151. The van der Waals surface area contributed by atoms with Crippen molar-refractivity contribution in [2.75, 3.05) is 46.9 Å². The van der Waals surface area contributed by atoms with Crippen LogP contribution in [0, 0.1) is 0 Å². The molecule has 3 fully saturated rings. The minimum absolute atomic E-state index is 0.0210. The number of carbonyl (C=O) groups excluding carboxylic acids is 2. The molecule has 1 saturated carbocycles. The van der Waals surface area contributed by atoms with Gasteiger partial charge in [-0.1, -0.05) is 0 Å². The molecule has 0 bridgehead atoms. The van der Waals surface area contributed by atoms with Gasteiger partial charge in [-0.05, 0) is 51.9 Å². The maximum Gasteiger partial charge on any atom is 0.254 e. The number of carbonyl (C=O) groups is 2. The van der Waals surface area contributed by atoms with Gasteiger partial charge in [-0.25, -0.2) is 4.98 Å². The number of morpholine rings is 1. The van der Waals surface area contributed by atoms with Crippen molar-refractivity contribution >= 4 is 22.8 Å². The lowest BCUT2D eigenvalue weighted by Gasteiger charge is -2.48. The molecule has 30 heavy (non-hydrogen) atoms. The van der Waals surface area contributed by atoms with E-state index in [0.29, 0.717) is 38.3 Å². The number of fused-ring (bicyclic) bond motifs is 1. The van der Waals surface area contributed by atoms with Crippen molar-refractivity contribution in [3.63, 3.8) is 0 Å². The molecule has 8 heteroatoms. The molecule has 5 rings (SSSR count). The molecule has 2 amide bonds. The molecule has 1 spiro atoms. The zero-order chi connectivity index (χ0) is 20.9. The maximum atomic E-state index is 13.3. The first-order valence-corrected chi connectivity index (χ1v) is 10.8. The summed E-state index contributed by atoms with van der Waals surface area (Å²) >= 11 is 0. The molecule has 4 heterocycles. The van der Waals surface area contributed by atoms with Gasteiger partial charge in [-0.2, -0.15) is 0 Å². The highest BCUT2D eigenvalue weighted by molar-refractivity contribution is 6.05. The summed E-state index contributed by atoms with van der Waals surface area (Å²) in [6.07, 6.45) is 6.90. The van der Waals surface area contributed by atoms with Crippen LogP contribution in [-0.4, -0.2) is 94.5 Å². The van der Waals surface area contributed by atoms with Crippen LogP contribution in [0.4, 0.5) is 0 Å². The van der Waals surface area contributed by atoms with Gasteiger partial charge >= 0.3 is 0 Å². The van der Waals surface area contributed by atoms with Gasteiger partial charge in [0.25, 0.3) is 5.91 Å². The molecule has 3 aliphatic rings. The summed E-state index contributed by atoms with van der Waals surface area (Å²) < 4.78 is 6.21. The first-order valence-electron chi connectivity index (χ1n) is 10.8. The number of likely N-dealkylation sites (N-methyl/N-ethyl adjacent to an activating group) is 1. The molecule has 0 atom stereocenters. The maximum absolute atomic E-state index is 13.3. The van der Waals surface area contributed by atoms with Crippen LogP contribution in [0.3, 0.4) is 0 Å². The van der Waals surface area contributed by atoms with E-state index in [0.717, 1.165) is 36.7 Å². The Balaban J connectivity index is 1.28. The van der Waals surface area contributed by atoms with Crippen molar-refractivity contribution < 1.29 is 14.3 Å². The predicted octanol–water partition coefficient (Wildman–Crippen LogP) is 1.49. The number of hydrogen-bond acceptors (Lipinski definition) is 5. The number of nitrogens with zero attached hydrogens (tertiary/aromatic N) is 4. The van der Waals surface area contributed by atoms with Crippen LogP contribution in [-0.2, 0) is 9.53 Å². The van der Waals surface area contributed by atoms with E-state index in [4.69, 9.17) is 4.74 Å². The number of H-pyrrole nitrogens is 1. The van der Waals surface area contributed by atoms with Crippen LogP contribution < -0.4 is 0 Å². The third-order valence-corrected chi connectivity index (χ3v) is 7.17. The van der Waals surface area contributed by atoms with Gasteiger partial charge in [-0.15, -0.1) is 0 Å². The number of aromatic nitrogens is 2. The van der Waals surface area contributed by atoms with Crippen molar-refractivity contribution in [2.45, 2.75) is 36.8 Å². The van der Waals surface area contributed by atoms with Crippen molar-refractivity contribution in [1.29, 1.82) is 0 Å². The predicted molar refractivity (Wildman–Crippen MR) is 112 cm³/mol. The second-order valence-corrected chi connectivity index (χ2v) is 9.07. The Morgan fingerprint density at radius 2 is 1.87 bits per heavy atom. The SMILES string of the molecule is CN(C)C1(C(=O)N2CCC3(CC2)CN(C(=O)c2ccnc4[nH]ccc24)CCO3)CC1. The van der Waals surface area contributed by atoms with Crippen molar-refractivity contribution in [3.05, 3.63) is 30.1 Å². The van der Waals surface area contributed by atoms with E-state index in [9.17, 15) is 9.59 Å². The number of aromatic amines is 1. The van der Waals surface area contributed by atoms with E-state index in [1.165, 1.54) is 0 Å². The number of nitrogens with one attached hydrogen (secondary N) is 1. The third-order valence-electron chi connectivity index (χ3n) is 7.17. The molecule has 0 aromatic carbocycles. The van der Waals surface area contributed by atoms with Crippen LogP contribution in [0.15, 0.2) is 24.5 Å². The number of ether oxygens (including phenoxy) is 1. The van der Waals surface area contributed by atoms with E-state index in [1.807, 2.05) is 36.2 Å². The highest BCUT2D eigenvalue weighted by Gasteiger charge is 2.54. The Kier molecular flexibility index (Phi) is 4.59. The molecular formula is C22H29N5O3. The Labute approximate surface area is 176 Å². The quantitative estimate of drug-likeness (QED) is 0.828. The summed E-state index contributed by atoms with van der Waals surface area (Å²) in [5.74, 6) is 0.269. The first kappa shape index (κ1) is 19.5. The number of amides is 2. The molecule has 2 aliphatic heterocycles. The molecular weight excluding hydrogens is 382 g/mol. The first-order chi connectivity index (χ1) is 14.4. The molecule has 2 aromatic rings. The van der Waals surface area contributed by atoms with Crippen molar-refractivity contribution in [3.8, 4) is 0 Å². The number of hydrogen-bond donors (Lipinski definition) is 1. The van der Waals surface area contributed by atoms with Crippen LogP contribution in [0.25, 0.3) is 11.0 Å². The molecule has 8 nitrogen and oxygen atoms in total. The molecule has 1 aliphatic carbocycles. The number of pyridine rings is 1. The van der Waals surface area contributed by atoms with Crippen LogP contribution in [0.5, 0.6) is 0 Å². The van der Waals surface area contributed by atoms with Crippen LogP contribution in [0.2, 0.25) is 0 Å². The molecule has 1 N–H and O–H groups in total. The smallest absolute Gasteiger partial charge is 0.254 e. The van der Waals surface area contributed by atoms with Crippen molar-refractivity contribution in [2.24, 2.45) is 0 Å². The lowest BCUT2D eigenvalue weighted by Crippen LogP contribution is -2.60. The van der Waals surface area contributed by atoms with Gasteiger partial charge in [0.2, 0.25) is 5.91 Å². The monoisotopic (exact) mass is 411 g/mol. The summed E-state index contributed by atoms with van der Waals surface area (Å²) in [7, 11) is 3.98. The van der Waals surface area contributed by atoms with Crippen molar-refractivity contribution in [1.82, 2.24) is 24.7 Å². The van der Waals surface area contributed by atoms with Gasteiger partial charge in [0.15, 0.2) is 0 Å². The number of piperidine rings is 1. The van der Waals surface area contributed by atoms with E-state index >= 15 is 0 Å². The standard InChI is InChI=1S/C22H29N5O3/c1-25(2)22(5-6-22)20(29)26-11-7-21(8-12-26)15-27(13-14-30-21)19(28)17-4-10-24-18-16(17)3-9-23-18/h3-4,9-10H,5-8,11-15H2,1-2H3,(H,23,24). The molecule has 2 aromatic heterocycles. The normalized spacial score (nSPS) is 22.6. The summed E-state index contributed by atoms with van der Waals surface area (Å²) in [5.41, 5.74) is 0.755. The average Bonchev–Trinajstić information content (AvgIpc) is 3.44. The van der Waals surface area contributed by atoms with Gasteiger partial charge < -0.3 is 19.5 Å². The van der Waals surface area contributed by atoms with E-state index in [-0.39, 0.29) is 23.0 Å². The van der Waals surface area contributed by atoms with Gasteiger partial charge in [0.1, 0.15) is 11.2 Å². The van der Waals surface area contributed by atoms with Gasteiger partial charge in [0, 0.05) is 37.4 Å². The van der Waals surface area contributed by atoms with Crippen LogP contribution in [0.1, 0.15) is 36.0 Å². The number of likely N-dealkylation sites (tertiary alicyclic amines) is 1. The number of rotatable bonds is 3. The fourth-order valence-electron chi connectivity index (χ4n) is 5.02. The second-order valence-electron chi connectivity index (χ2n) is 9.07. The fourth-order valence-corrected chi connectivity index (χ4v) is 5.02. The van der Waals surface area contributed by atoms with E-state index < -0.39 is 0 Å². The Hall–Kier alpha value is -2.45. The third kappa shape index (κ3) is 3.09. The molecule has 0 radical (unpaired) electrons. The van der Waals surface area contributed by atoms with Crippen LogP contribution >= 0.6 is 0 Å². The summed E-state index contributed by atoms with van der Waals surface area (Å²) in [5, 5.41) is 0.849. The Morgan fingerprint density at radius 1 is 1.10 bits per heavy atom. The summed E-state index contributed by atoms with van der Waals surface area (Å²) in [6.45, 7) is 3.06. The fraction of sp³-hybridized carbons (Fsp3) is 0.591. The zero-order valence-corrected chi connectivity index (χ0v) is 17.7. The Bertz CT molecular complexity index is 972. The second kappa shape index (κ2) is 7.06. The lowest BCUT2D eigenvalue weighted by atomic mass is 9.88. The topological polar surface area (TPSA) is 81.8 Å². The molecule has 2 saturated heterocycles. The summed E-state index contributed by atoms with van der Waals surface area (Å²) in [4.78, 5) is 39.6. The van der Waals surface area contributed by atoms with Gasteiger partial charge in [0.05, 0.1) is 24.3 Å². The van der Waals surface area contributed by atoms with E-state index in [2.05, 4.69) is 14.9 Å².